The van der Waals surface area contributed by atoms with Crippen molar-refractivity contribution in [3.8, 4) is 0 Å². The van der Waals surface area contributed by atoms with Crippen molar-refractivity contribution in [2.45, 2.75) is 37.2 Å². The first-order valence-corrected chi connectivity index (χ1v) is 7.97. The lowest BCUT2D eigenvalue weighted by Gasteiger charge is -2.36. The summed E-state index contributed by atoms with van der Waals surface area (Å²) < 4.78 is 14.4. The summed E-state index contributed by atoms with van der Waals surface area (Å²) >= 11 is 0. The van der Waals surface area contributed by atoms with Gasteiger partial charge in [-0.2, -0.15) is 0 Å². The van der Waals surface area contributed by atoms with Crippen molar-refractivity contribution in [2.24, 2.45) is 0 Å². The Morgan fingerprint density at radius 3 is 2.54 bits per heavy atom. The largest absolute Gasteiger partial charge is 0.508 e. The first kappa shape index (κ1) is 16.5. The fraction of sp³-hybridized carbons (Fsp3) is 0.389. The zero-order chi connectivity index (χ0) is 17.3. The van der Waals surface area contributed by atoms with Crippen LogP contribution in [0.1, 0.15) is 31.2 Å². The molecule has 2 aliphatic rings. The molecule has 0 bridgehead atoms. The van der Waals surface area contributed by atoms with Crippen LogP contribution < -0.4 is 0 Å². The molecule has 1 saturated carbocycles. The molecule has 1 fully saturated rings. The number of carboxylic acids is 1. The fourth-order valence-electron chi connectivity index (χ4n) is 3.75. The standard InChI is InChI=1S/C18H20FNO4/c19-14-6-2-1-5-13(14)18(7-3-4-8-18)11-20-9-12(17(23)24)16(22)15(21)10-20/h1-2,5-6,9-10,16,21-22H,3-4,7-8,11H2,(H,23,24). The Balaban J connectivity index is 1.95. The van der Waals surface area contributed by atoms with Crippen LogP contribution >= 0.6 is 0 Å². The van der Waals surface area contributed by atoms with Gasteiger partial charge in [-0.15, -0.1) is 0 Å². The van der Waals surface area contributed by atoms with E-state index in [1.165, 1.54) is 18.5 Å². The number of aliphatic hydroxyl groups excluding tert-OH is 2. The molecule has 1 heterocycles. The Labute approximate surface area is 139 Å². The van der Waals surface area contributed by atoms with Crippen molar-refractivity contribution >= 4 is 5.97 Å². The first-order valence-electron chi connectivity index (χ1n) is 7.97. The smallest absolute Gasteiger partial charge is 0.336 e. The molecule has 128 valence electrons. The Kier molecular flexibility index (Phi) is 4.32. The van der Waals surface area contributed by atoms with Gasteiger partial charge < -0.3 is 20.2 Å². The number of benzene rings is 1. The van der Waals surface area contributed by atoms with Gasteiger partial charge >= 0.3 is 5.97 Å². The maximum absolute atomic E-state index is 14.4. The van der Waals surface area contributed by atoms with E-state index in [1.54, 1.807) is 23.1 Å². The third kappa shape index (κ3) is 2.89. The number of nitrogens with zero attached hydrogens (tertiary/aromatic N) is 1. The summed E-state index contributed by atoms with van der Waals surface area (Å²) in [5, 5.41) is 28.8. The molecular weight excluding hydrogens is 313 g/mol. The van der Waals surface area contributed by atoms with Crippen molar-refractivity contribution < 1.29 is 24.5 Å². The normalized spacial score (nSPS) is 22.9. The van der Waals surface area contributed by atoms with Gasteiger partial charge in [0.2, 0.25) is 0 Å². The van der Waals surface area contributed by atoms with Crippen LogP contribution in [-0.2, 0) is 10.2 Å². The van der Waals surface area contributed by atoms with E-state index in [1.807, 2.05) is 0 Å². The van der Waals surface area contributed by atoms with Gasteiger partial charge in [-0.25, -0.2) is 9.18 Å². The Morgan fingerprint density at radius 1 is 1.25 bits per heavy atom. The average Bonchev–Trinajstić information content (AvgIpc) is 3.00. The number of carboxylic acid groups (broad SMARTS) is 1. The van der Waals surface area contributed by atoms with Crippen molar-refractivity contribution in [3.63, 3.8) is 0 Å². The summed E-state index contributed by atoms with van der Waals surface area (Å²) in [7, 11) is 0. The average molecular weight is 333 g/mol. The molecule has 5 nitrogen and oxygen atoms in total. The lowest BCUT2D eigenvalue weighted by atomic mass is 9.78. The summed E-state index contributed by atoms with van der Waals surface area (Å²) in [6.45, 7) is 0.349. The highest BCUT2D eigenvalue weighted by atomic mass is 19.1. The maximum atomic E-state index is 14.4. The van der Waals surface area contributed by atoms with Gasteiger partial charge in [0.15, 0.2) is 0 Å². The van der Waals surface area contributed by atoms with E-state index in [4.69, 9.17) is 0 Å². The lowest BCUT2D eigenvalue weighted by molar-refractivity contribution is -0.133. The second-order valence-corrected chi connectivity index (χ2v) is 6.49. The Hall–Kier alpha value is -2.34. The molecule has 3 N–H and O–H groups in total. The molecule has 0 amide bonds. The zero-order valence-electron chi connectivity index (χ0n) is 13.2. The van der Waals surface area contributed by atoms with Crippen LogP contribution in [0, 0.1) is 5.82 Å². The van der Waals surface area contributed by atoms with E-state index >= 15 is 0 Å². The van der Waals surface area contributed by atoms with E-state index in [9.17, 15) is 24.5 Å². The summed E-state index contributed by atoms with van der Waals surface area (Å²) in [5.41, 5.74) is -0.117. The van der Waals surface area contributed by atoms with Gasteiger partial charge in [0.05, 0.1) is 5.57 Å². The monoisotopic (exact) mass is 333 g/mol. The van der Waals surface area contributed by atoms with Crippen LogP contribution in [0.3, 0.4) is 0 Å². The fourth-order valence-corrected chi connectivity index (χ4v) is 3.75. The van der Waals surface area contributed by atoms with Crippen molar-refractivity contribution in [2.75, 3.05) is 6.54 Å². The lowest BCUT2D eigenvalue weighted by Crippen LogP contribution is -2.38. The third-order valence-corrected chi connectivity index (χ3v) is 4.92. The Bertz CT molecular complexity index is 707. The van der Waals surface area contributed by atoms with Gasteiger partial charge in [-0.1, -0.05) is 31.0 Å². The van der Waals surface area contributed by atoms with Gasteiger partial charge in [0.25, 0.3) is 0 Å². The molecular formula is C18H20FNO4. The number of aliphatic hydroxyl groups is 2. The third-order valence-electron chi connectivity index (χ3n) is 4.92. The molecule has 0 saturated heterocycles. The van der Waals surface area contributed by atoms with Gasteiger partial charge in [0, 0.05) is 24.4 Å². The predicted molar refractivity (Wildman–Crippen MR) is 85.7 cm³/mol. The minimum absolute atomic E-state index is 0.271. The van der Waals surface area contributed by atoms with Crippen molar-refractivity contribution in [3.05, 3.63) is 59.4 Å². The number of hydrogen-bond donors (Lipinski definition) is 3. The van der Waals surface area contributed by atoms with E-state index in [2.05, 4.69) is 0 Å². The molecule has 1 aromatic carbocycles. The summed E-state index contributed by atoms with van der Waals surface area (Å²) in [6.07, 6.45) is 4.61. The number of halogens is 1. The number of hydrogen-bond acceptors (Lipinski definition) is 4. The molecule has 0 aromatic heterocycles. The van der Waals surface area contributed by atoms with E-state index < -0.39 is 23.2 Å². The molecule has 24 heavy (non-hydrogen) atoms. The highest BCUT2D eigenvalue weighted by Crippen LogP contribution is 2.43. The highest BCUT2D eigenvalue weighted by Gasteiger charge is 2.39. The van der Waals surface area contributed by atoms with Gasteiger partial charge in [-0.05, 0) is 24.5 Å². The van der Waals surface area contributed by atoms with Gasteiger partial charge in [-0.3, -0.25) is 0 Å². The zero-order valence-corrected chi connectivity index (χ0v) is 13.2. The SMILES string of the molecule is O=C(O)C1=CN(CC2(c3ccccc3F)CCCC2)C=C(O)C1O. The first-order chi connectivity index (χ1) is 11.4. The molecule has 1 unspecified atom stereocenters. The molecule has 0 spiro atoms. The van der Waals surface area contributed by atoms with Crippen LogP contribution in [0.4, 0.5) is 4.39 Å². The van der Waals surface area contributed by atoms with Crippen molar-refractivity contribution in [1.82, 2.24) is 4.90 Å². The van der Waals surface area contributed by atoms with E-state index in [0.717, 1.165) is 25.7 Å². The number of carbonyl (C=O) groups is 1. The number of aliphatic carboxylic acids is 1. The molecule has 1 aliphatic heterocycles. The highest BCUT2D eigenvalue weighted by molar-refractivity contribution is 5.88. The maximum Gasteiger partial charge on any atom is 0.336 e. The molecule has 3 rings (SSSR count). The molecule has 1 aromatic rings. The van der Waals surface area contributed by atoms with Crippen LogP contribution in [0.25, 0.3) is 0 Å². The summed E-state index contributed by atoms with van der Waals surface area (Å²) in [6, 6.07) is 6.64. The second kappa shape index (κ2) is 6.28. The van der Waals surface area contributed by atoms with Crippen LogP contribution in [0.15, 0.2) is 48.0 Å². The minimum Gasteiger partial charge on any atom is -0.508 e. The number of rotatable bonds is 4. The van der Waals surface area contributed by atoms with E-state index in [0.29, 0.717) is 12.1 Å². The predicted octanol–water partition coefficient (Wildman–Crippen LogP) is 2.68. The molecule has 0 radical (unpaired) electrons. The van der Waals surface area contributed by atoms with Crippen LogP contribution in [-0.4, -0.2) is 38.8 Å². The molecule has 1 atom stereocenters. The minimum atomic E-state index is -1.54. The van der Waals surface area contributed by atoms with Crippen LogP contribution in [0.5, 0.6) is 0 Å². The van der Waals surface area contributed by atoms with Crippen molar-refractivity contribution in [1.29, 1.82) is 0 Å². The van der Waals surface area contributed by atoms with Gasteiger partial charge in [0.1, 0.15) is 17.7 Å². The quantitative estimate of drug-likeness (QED) is 0.789. The molecule has 1 aliphatic carbocycles. The Morgan fingerprint density at radius 2 is 1.92 bits per heavy atom. The summed E-state index contributed by atoms with van der Waals surface area (Å²) in [4.78, 5) is 12.8. The second-order valence-electron chi connectivity index (χ2n) is 6.49. The molecule has 6 heteroatoms. The van der Waals surface area contributed by atoms with E-state index in [-0.39, 0.29) is 11.4 Å². The topological polar surface area (TPSA) is 81.0 Å². The summed E-state index contributed by atoms with van der Waals surface area (Å²) in [5.74, 6) is -1.98. The van der Waals surface area contributed by atoms with Crippen LogP contribution in [0.2, 0.25) is 0 Å².